The molecule has 0 bridgehead atoms. The van der Waals surface area contributed by atoms with Gasteiger partial charge in [-0.25, -0.2) is 4.79 Å². The first-order valence-electron chi connectivity index (χ1n) is 7.14. The third kappa shape index (κ3) is 5.00. The van der Waals surface area contributed by atoms with Crippen molar-refractivity contribution in [3.63, 3.8) is 0 Å². The van der Waals surface area contributed by atoms with Gasteiger partial charge in [0.15, 0.2) is 0 Å². The van der Waals surface area contributed by atoms with E-state index < -0.39 is 6.03 Å². The number of urea groups is 1. The van der Waals surface area contributed by atoms with Gasteiger partial charge >= 0.3 is 6.03 Å². The number of primary amides is 1. The van der Waals surface area contributed by atoms with Gasteiger partial charge in [-0.1, -0.05) is 35.9 Å². The quantitative estimate of drug-likeness (QED) is 0.786. The van der Waals surface area contributed by atoms with Crippen LogP contribution in [0.15, 0.2) is 48.5 Å². The highest BCUT2D eigenvalue weighted by Gasteiger charge is 2.11. The summed E-state index contributed by atoms with van der Waals surface area (Å²) >= 11 is 5.86. The summed E-state index contributed by atoms with van der Waals surface area (Å²) in [5.41, 5.74) is 7.41. The number of benzene rings is 2. The molecule has 6 heteroatoms. The number of carbonyl (C=O) groups is 2. The van der Waals surface area contributed by atoms with Gasteiger partial charge in [-0.2, -0.15) is 0 Å². The first-order chi connectivity index (χ1) is 11.0. The second-order valence-electron chi connectivity index (χ2n) is 5.16. The van der Waals surface area contributed by atoms with Crippen molar-refractivity contribution in [2.45, 2.75) is 19.5 Å². The maximum Gasteiger partial charge on any atom is 0.312 e. The van der Waals surface area contributed by atoms with Crippen LogP contribution >= 0.6 is 11.6 Å². The molecule has 120 valence electrons. The lowest BCUT2D eigenvalue weighted by molar-refractivity contribution is 0.0940. The molecule has 2 aromatic rings. The Morgan fingerprint density at radius 1 is 1.09 bits per heavy atom. The van der Waals surface area contributed by atoms with Crippen molar-refractivity contribution >= 4 is 23.5 Å². The van der Waals surface area contributed by atoms with E-state index in [0.29, 0.717) is 17.1 Å². The zero-order chi connectivity index (χ0) is 16.8. The maximum absolute atomic E-state index is 12.2. The van der Waals surface area contributed by atoms with Crippen LogP contribution in [0.2, 0.25) is 5.02 Å². The van der Waals surface area contributed by atoms with Gasteiger partial charge in [0.2, 0.25) is 0 Å². The number of carbonyl (C=O) groups excluding carboxylic acids is 2. The molecule has 1 unspecified atom stereocenters. The number of halogens is 1. The van der Waals surface area contributed by atoms with E-state index in [1.165, 1.54) is 0 Å². The molecule has 0 saturated heterocycles. The van der Waals surface area contributed by atoms with Crippen molar-refractivity contribution in [2.75, 3.05) is 0 Å². The molecule has 23 heavy (non-hydrogen) atoms. The predicted octanol–water partition coefficient (Wildman–Crippen LogP) is 3.00. The molecule has 0 heterocycles. The smallest absolute Gasteiger partial charge is 0.312 e. The lowest BCUT2D eigenvalue weighted by Gasteiger charge is -2.14. The fourth-order valence-corrected chi connectivity index (χ4v) is 2.20. The van der Waals surface area contributed by atoms with Crippen LogP contribution in [0.25, 0.3) is 0 Å². The SMILES string of the molecule is CC(NC(=O)c1ccc(CNC(N)=O)cc1)c1ccc(Cl)cc1. The molecule has 3 amide bonds. The minimum Gasteiger partial charge on any atom is -0.352 e. The van der Waals surface area contributed by atoms with Crippen molar-refractivity contribution in [3.8, 4) is 0 Å². The van der Waals surface area contributed by atoms with E-state index in [1.54, 1.807) is 36.4 Å². The van der Waals surface area contributed by atoms with E-state index in [9.17, 15) is 9.59 Å². The summed E-state index contributed by atoms with van der Waals surface area (Å²) in [7, 11) is 0. The average molecular weight is 332 g/mol. The molecule has 0 saturated carbocycles. The number of nitrogens with two attached hydrogens (primary N) is 1. The Bertz CT molecular complexity index is 684. The second kappa shape index (κ2) is 7.65. The molecule has 0 fully saturated rings. The van der Waals surface area contributed by atoms with Crippen molar-refractivity contribution < 1.29 is 9.59 Å². The minimum absolute atomic E-state index is 0.129. The van der Waals surface area contributed by atoms with Gasteiger partial charge in [0.05, 0.1) is 6.04 Å². The topological polar surface area (TPSA) is 84.2 Å². The standard InChI is InChI=1S/C17H18ClN3O2/c1-11(13-6-8-15(18)9-7-13)21-16(22)14-4-2-12(3-5-14)10-20-17(19)23/h2-9,11H,10H2,1H3,(H,21,22)(H3,19,20,23). The number of rotatable bonds is 5. The van der Waals surface area contributed by atoms with Gasteiger partial charge in [-0.15, -0.1) is 0 Å². The van der Waals surface area contributed by atoms with Gasteiger partial charge < -0.3 is 16.4 Å². The second-order valence-corrected chi connectivity index (χ2v) is 5.60. The summed E-state index contributed by atoms with van der Waals surface area (Å²) in [5.74, 6) is -0.165. The lowest BCUT2D eigenvalue weighted by atomic mass is 10.1. The zero-order valence-corrected chi connectivity index (χ0v) is 13.4. The lowest BCUT2D eigenvalue weighted by Crippen LogP contribution is -2.28. The van der Waals surface area contributed by atoms with E-state index in [0.717, 1.165) is 11.1 Å². The fourth-order valence-electron chi connectivity index (χ4n) is 2.08. The van der Waals surface area contributed by atoms with Crippen LogP contribution in [-0.4, -0.2) is 11.9 Å². The summed E-state index contributed by atoms with van der Waals surface area (Å²) < 4.78 is 0. The molecule has 5 nitrogen and oxygen atoms in total. The van der Waals surface area contributed by atoms with Gasteiger partial charge in [-0.3, -0.25) is 4.79 Å². The molecule has 2 aromatic carbocycles. The Morgan fingerprint density at radius 2 is 1.70 bits per heavy atom. The number of hydrogen-bond acceptors (Lipinski definition) is 2. The van der Waals surface area contributed by atoms with Crippen LogP contribution in [-0.2, 0) is 6.54 Å². The van der Waals surface area contributed by atoms with E-state index >= 15 is 0 Å². The largest absolute Gasteiger partial charge is 0.352 e. The van der Waals surface area contributed by atoms with Gasteiger partial charge in [0.25, 0.3) is 5.91 Å². The van der Waals surface area contributed by atoms with Gasteiger partial charge in [0.1, 0.15) is 0 Å². The summed E-state index contributed by atoms with van der Waals surface area (Å²) in [6.45, 7) is 2.24. The van der Waals surface area contributed by atoms with Crippen molar-refractivity contribution in [3.05, 3.63) is 70.2 Å². The molecule has 1 atom stereocenters. The summed E-state index contributed by atoms with van der Waals surface area (Å²) in [6.07, 6.45) is 0. The van der Waals surface area contributed by atoms with Crippen LogP contribution < -0.4 is 16.4 Å². The highest BCUT2D eigenvalue weighted by atomic mass is 35.5. The Morgan fingerprint density at radius 3 is 2.26 bits per heavy atom. The molecule has 0 aromatic heterocycles. The van der Waals surface area contributed by atoms with E-state index in [1.807, 2.05) is 19.1 Å². The van der Waals surface area contributed by atoms with Crippen LogP contribution in [0, 0.1) is 0 Å². The number of amides is 3. The summed E-state index contributed by atoms with van der Waals surface area (Å²) in [6, 6.07) is 13.6. The van der Waals surface area contributed by atoms with E-state index in [2.05, 4.69) is 10.6 Å². The van der Waals surface area contributed by atoms with Crippen molar-refractivity contribution in [1.82, 2.24) is 10.6 Å². The van der Waals surface area contributed by atoms with Crippen LogP contribution in [0.5, 0.6) is 0 Å². The van der Waals surface area contributed by atoms with E-state index in [-0.39, 0.29) is 11.9 Å². The van der Waals surface area contributed by atoms with Gasteiger partial charge in [-0.05, 0) is 42.3 Å². The number of hydrogen-bond donors (Lipinski definition) is 3. The molecule has 0 spiro atoms. The molecule has 4 N–H and O–H groups in total. The zero-order valence-electron chi connectivity index (χ0n) is 12.7. The molecule has 0 aliphatic rings. The molecule has 2 rings (SSSR count). The maximum atomic E-state index is 12.2. The third-order valence-electron chi connectivity index (χ3n) is 3.40. The molecule has 0 aliphatic carbocycles. The summed E-state index contributed by atoms with van der Waals surface area (Å²) in [5, 5.41) is 6.09. The van der Waals surface area contributed by atoms with E-state index in [4.69, 9.17) is 17.3 Å². The minimum atomic E-state index is -0.580. The average Bonchev–Trinajstić information content (AvgIpc) is 2.54. The monoisotopic (exact) mass is 331 g/mol. The molecule has 0 aliphatic heterocycles. The van der Waals surface area contributed by atoms with Gasteiger partial charge in [0, 0.05) is 17.1 Å². The van der Waals surface area contributed by atoms with Crippen molar-refractivity contribution in [1.29, 1.82) is 0 Å². The molecular weight excluding hydrogens is 314 g/mol. The summed E-state index contributed by atoms with van der Waals surface area (Å²) in [4.78, 5) is 22.9. The highest BCUT2D eigenvalue weighted by molar-refractivity contribution is 6.30. The Balaban J connectivity index is 1.97. The van der Waals surface area contributed by atoms with Crippen LogP contribution in [0.3, 0.4) is 0 Å². The first kappa shape index (κ1) is 16.8. The fraction of sp³-hybridized carbons (Fsp3) is 0.176. The highest BCUT2D eigenvalue weighted by Crippen LogP contribution is 2.16. The molecular formula is C17H18ClN3O2. The molecule has 0 radical (unpaired) electrons. The normalized spacial score (nSPS) is 11.6. The Labute approximate surface area is 139 Å². The Kier molecular flexibility index (Phi) is 5.60. The van der Waals surface area contributed by atoms with Crippen LogP contribution in [0.4, 0.5) is 4.79 Å². The van der Waals surface area contributed by atoms with Crippen molar-refractivity contribution in [2.24, 2.45) is 5.73 Å². The third-order valence-corrected chi connectivity index (χ3v) is 3.65. The first-order valence-corrected chi connectivity index (χ1v) is 7.52. The Hall–Kier alpha value is -2.53. The predicted molar refractivity (Wildman–Crippen MR) is 90.2 cm³/mol. The number of nitrogens with one attached hydrogen (secondary N) is 2. The van der Waals surface area contributed by atoms with Crippen LogP contribution in [0.1, 0.15) is 34.5 Å².